The third-order valence-electron chi connectivity index (χ3n) is 3.27. The predicted molar refractivity (Wildman–Crippen MR) is 75.0 cm³/mol. The molecule has 0 bridgehead atoms. The van der Waals surface area contributed by atoms with Gasteiger partial charge in [0.15, 0.2) is 17.2 Å². The number of anilines is 1. The topological polar surface area (TPSA) is 116 Å². The molecule has 1 aliphatic rings. The second-order valence-corrected chi connectivity index (χ2v) is 4.77. The molecule has 0 aliphatic carbocycles. The first-order valence-corrected chi connectivity index (χ1v) is 6.32. The number of rotatable bonds is 2. The van der Waals surface area contributed by atoms with Gasteiger partial charge in [-0.05, 0) is 30.3 Å². The fourth-order valence-electron chi connectivity index (χ4n) is 2.15. The standard InChI is InChI=1S/C15H11NO6/c17-11-4-7(5-12(18)13(11)19)14(20)16-9-1-2-10-8(3-9)6-22-15(10)21/h1-5,17-19H,6H2,(H,16,20). The molecular weight excluding hydrogens is 290 g/mol. The van der Waals surface area contributed by atoms with Gasteiger partial charge in [0, 0.05) is 16.8 Å². The van der Waals surface area contributed by atoms with E-state index in [-0.39, 0.29) is 12.2 Å². The van der Waals surface area contributed by atoms with Crippen LogP contribution in [0.4, 0.5) is 5.69 Å². The minimum Gasteiger partial charge on any atom is -0.504 e. The fourth-order valence-corrected chi connectivity index (χ4v) is 2.15. The third-order valence-corrected chi connectivity index (χ3v) is 3.27. The van der Waals surface area contributed by atoms with Gasteiger partial charge in [0.2, 0.25) is 0 Å². The van der Waals surface area contributed by atoms with Crippen molar-refractivity contribution in [2.75, 3.05) is 5.32 Å². The van der Waals surface area contributed by atoms with Crippen molar-refractivity contribution in [3.05, 3.63) is 47.0 Å². The average molecular weight is 301 g/mol. The van der Waals surface area contributed by atoms with Crippen LogP contribution < -0.4 is 5.32 Å². The number of cyclic esters (lactones) is 1. The van der Waals surface area contributed by atoms with Crippen molar-refractivity contribution in [2.45, 2.75) is 6.61 Å². The summed E-state index contributed by atoms with van der Waals surface area (Å²) in [5, 5.41) is 30.6. The van der Waals surface area contributed by atoms with E-state index in [2.05, 4.69) is 5.32 Å². The number of carbonyl (C=O) groups excluding carboxylic acids is 2. The van der Waals surface area contributed by atoms with E-state index in [9.17, 15) is 24.9 Å². The highest BCUT2D eigenvalue weighted by atomic mass is 16.5. The number of benzene rings is 2. The molecule has 7 nitrogen and oxygen atoms in total. The van der Waals surface area contributed by atoms with Crippen molar-refractivity contribution in [3.63, 3.8) is 0 Å². The van der Waals surface area contributed by atoms with Gasteiger partial charge in [0.05, 0.1) is 5.56 Å². The zero-order chi connectivity index (χ0) is 15.9. The molecule has 1 amide bonds. The maximum atomic E-state index is 12.1. The Kier molecular flexibility index (Phi) is 3.10. The van der Waals surface area contributed by atoms with Crippen molar-refractivity contribution >= 4 is 17.6 Å². The van der Waals surface area contributed by atoms with Gasteiger partial charge in [-0.15, -0.1) is 0 Å². The SMILES string of the molecule is O=C(Nc1ccc2c(c1)COC2=O)c1cc(O)c(O)c(O)c1. The molecule has 1 aliphatic heterocycles. The number of phenolic OH excluding ortho intramolecular Hbond substituents is 3. The van der Waals surface area contributed by atoms with Gasteiger partial charge in [-0.1, -0.05) is 0 Å². The van der Waals surface area contributed by atoms with Crippen LogP contribution in [0.2, 0.25) is 0 Å². The Labute approximate surface area is 124 Å². The minimum absolute atomic E-state index is 0.0272. The molecule has 0 radical (unpaired) electrons. The first kappa shape index (κ1) is 13.7. The van der Waals surface area contributed by atoms with E-state index in [1.54, 1.807) is 18.2 Å². The summed E-state index contributed by atoms with van der Waals surface area (Å²) >= 11 is 0. The molecule has 0 unspecified atom stereocenters. The number of carbonyl (C=O) groups is 2. The summed E-state index contributed by atoms with van der Waals surface area (Å²) in [6.07, 6.45) is 0. The number of nitrogens with one attached hydrogen (secondary N) is 1. The molecule has 112 valence electrons. The van der Waals surface area contributed by atoms with Crippen molar-refractivity contribution in [1.82, 2.24) is 0 Å². The van der Waals surface area contributed by atoms with Crippen LogP contribution in [0.15, 0.2) is 30.3 Å². The zero-order valence-electron chi connectivity index (χ0n) is 11.2. The molecular formula is C15H11NO6. The number of aromatic hydroxyl groups is 3. The number of hydrogen-bond donors (Lipinski definition) is 4. The smallest absolute Gasteiger partial charge is 0.338 e. The van der Waals surface area contributed by atoms with E-state index in [0.717, 1.165) is 12.1 Å². The molecule has 0 fully saturated rings. The van der Waals surface area contributed by atoms with Crippen molar-refractivity contribution in [1.29, 1.82) is 0 Å². The van der Waals surface area contributed by atoms with Crippen LogP contribution in [-0.4, -0.2) is 27.2 Å². The van der Waals surface area contributed by atoms with Crippen LogP contribution in [0, 0.1) is 0 Å². The lowest BCUT2D eigenvalue weighted by Gasteiger charge is -2.08. The first-order chi connectivity index (χ1) is 10.5. The molecule has 0 saturated heterocycles. The molecule has 1 heterocycles. The minimum atomic E-state index is -0.690. The summed E-state index contributed by atoms with van der Waals surface area (Å²) < 4.78 is 4.87. The van der Waals surface area contributed by atoms with Gasteiger partial charge in [0.25, 0.3) is 5.91 Å². The van der Waals surface area contributed by atoms with Gasteiger partial charge in [-0.2, -0.15) is 0 Å². The van der Waals surface area contributed by atoms with Gasteiger partial charge in [0.1, 0.15) is 6.61 Å². The van der Waals surface area contributed by atoms with Crippen LogP contribution in [-0.2, 0) is 11.3 Å². The van der Waals surface area contributed by atoms with Crippen molar-refractivity contribution < 1.29 is 29.6 Å². The molecule has 0 atom stereocenters. The van der Waals surface area contributed by atoms with E-state index in [4.69, 9.17) is 4.74 Å². The van der Waals surface area contributed by atoms with E-state index in [1.807, 2.05) is 0 Å². The Morgan fingerprint density at radius 2 is 1.77 bits per heavy atom. The van der Waals surface area contributed by atoms with E-state index >= 15 is 0 Å². The first-order valence-electron chi connectivity index (χ1n) is 6.32. The van der Waals surface area contributed by atoms with Crippen LogP contribution in [0.25, 0.3) is 0 Å². The molecule has 4 N–H and O–H groups in total. The number of hydrogen-bond acceptors (Lipinski definition) is 6. The Morgan fingerprint density at radius 3 is 2.45 bits per heavy atom. The summed E-state index contributed by atoms with van der Waals surface area (Å²) in [5.41, 5.74) is 1.53. The van der Waals surface area contributed by atoms with Gasteiger partial charge >= 0.3 is 5.97 Å². The highest BCUT2D eigenvalue weighted by molar-refractivity contribution is 6.05. The largest absolute Gasteiger partial charge is 0.504 e. The van der Waals surface area contributed by atoms with Crippen LogP contribution in [0.1, 0.15) is 26.3 Å². The Bertz CT molecular complexity index is 776. The summed E-state index contributed by atoms with van der Waals surface area (Å²) in [7, 11) is 0. The lowest BCUT2D eigenvalue weighted by molar-refractivity contribution is 0.0535. The maximum Gasteiger partial charge on any atom is 0.338 e. The summed E-state index contributed by atoms with van der Waals surface area (Å²) in [6.45, 7) is 0.151. The Balaban J connectivity index is 1.85. The number of fused-ring (bicyclic) bond motifs is 1. The van der Waals surface area contributed by atoms with E-state index in [1.165, 1.54) is 0 Å². The van der Waals surface area contributed by atoms with E-state index < -0.39 is 29.1 Å². The molecule has 2 aromatic rings. The normalized spacial score (nSPS) is 12.6. The monoisotopic (exact) mass is 301 g/mol. The second kappa shape index (κ2) is 4.96. The quantitative estimate of drug-likeness (QED) is 0.496. The molecule has 3 rings (SSSR count). The highest BCUT2D eigenvalue weighted by Crippen LogP contribution is 2.35. The number of amides is 1. The van der Waals surface area contributed by atoms with Gasteiger partial charge in [-0.3, -0.25) is 4.79 Å². The Hall–Kier alpha value is -3.22. The van der Waals surface area contributed by atoms with Gasteiger partial charge in [-0.25, -0.2) is 4.79 Å². The van der Waals surface area contributed by atoms with Crippen LogP contribution in [0.5, 0.6) is 17.2 Å². The predicted octanol–water partition coefficient (Wildman–Crippen LogP) is 1.73. The number of esters is 1. The average Bonchev–Trinajstić information content (AvgIpc) is 2.85. The lowest BCUT2D eigenvalue weighted by atomic mass is 10.1. The fraction of sp³-hybridized carbons (Fsp3) is 0.0667. The summed E-state index contributed by atoms with van der Waals surface area (Å²) in [6, 6.07) is 6.77. The summed E-state index contributed by atoms with van der Waals surface area (Å²) in [5.74, 6) is -2.88. The van der Waals surface area contributed by atoms with E-state index in [0.29, 0.717) is 16.8 Å². The highest BCUT2D eigenvalue weighted by Gasteiger charge is 2.21. The van der Waals surface area contributed by atoms with Crippen molar-refractivity contribution in [2.24, 2.45) is 0 Å². The number of phenols is 3. The van der Waals surface area contributed by atoms with Crippen molar-refractivity contribution in [3.8, 4) is 17.2 Å². The molecule has 22 heavy (non-hydrogen) atoms. The Morgan fingerprint density at radius 1 is 1.09 bits per heavy atom. The van der Waals surface area contributed by atoms with Gasteiger partial charge < -0.3 is 25.4 Å². The maximum absolute atomic E-state index is 12.1. The second-order valence-electron chi connectivity index (χ2n) is 4.77. The third kappa shape index (κ3) is 2.28. The molecule has 0 spiro atoms. The number of ether oxygens (including phenoxy) is 1. The molecule has 0 aromatic heterocycles. The summed E-state index contributed by atoms with van der Waals surface area (Å²) in [4.78, 5) is 23.4. The molecule has 2 aromatic carbocycles. The zero-order valence-corrected chi connectivity index (χ0v) is 11.2. The van der Waals surface area contributed by atoms with Crippen LogP contribution in [0.3, 0.4) is 0 Å². The molecule has 0 saturated carbocycles. The molecule has 7 heteroatoms. The lowest BCUT2D eigenvalue weighted by Crippen LogP contribution is -2.12. The van der Waals surface area contributed by atoms with Crippen LogP contribution >= 0.6 is 0 Å².